The van der Waals surface area contributed by atoms with Crippen molar-refractivity contribution < 1.29 is 5.11 Å². The van der Waals surface area contributed by atoms with E-state index in [1.807, 2.05) is 20.8 Å². The Kier molecular flexibility index (Phi) is 4.59. The molecule has 2 atom stereocenters. The van der Waals surface area contributed by atoms with Crippen LogP contribution in [0.2, 0.25) is 0 Å². The lowest BCUT2D eigenvalue weighted by Gasteiger charge is -2.23. The van der Waals surface area contributed by atoms with Gasteiger partial charge in [-0.1, -0.05) is 19.3 Å². The lowest BCUT2D eigenvalue weighted by molar-refractivity contribution is 0.137. The van der Waals surface area contributed by atoms with Gasteiger partial charge in [0, 0.05) is 5.54 Å². The van der Waals surface area contributed by atoms with Gasteiger partial charge in [-0.3, -0.25) is 0 Å². The van der Waals surface area contributed by atoms with Gasteiger partial charge in [0.2, 0.25) is 0 Å². The lowest BCUT2D eigenvalue weighted by atomic mass is 10.1. The summed E-state index contributed by atoms with van der Waals surface area (Å²) in [5.74, 6) is 0.443. The summed E-state index contributed by atoms with van der Waals surface area (Å²) in [6.45, 7) is 6.12. The zero-order valence-electron chi connectivity index (χ0n) is 10.7. The predicted molar refractivity (Wildman–Crippen MR) is 67.4 cm³/mol. The van der Waals surface area contributed by atoms with Crippen LogP contribution in [0.15, 0.2) is 4.99 Å². The van der Waals surface area contributed by atoms with Crippen molar-refractivity contribution in [3.8, 4) is 0 Å². The van der Waals surface area contributed by atoms with Gasteiger partial charge in [0.25, 0.3) is 0 Å². The summed E-state index contributed by atoms with van der Waals surface area (Å²) in [4.78, 5) is 4.40. The summed E-state index contributed by atoms with van der Waals surface area (Å²) < 4.78 is 0. The van der Waals surface area contributed by atoms with Crippen LogP contribution in [0, 0.1) is 0 Å². The van der Waals surface area contributed by atoms with E-state index in [2.05, 4.69) is 10.3 Å². The van der Waals surface area contributed by atoms with E-state index in [0.29, 0.717) is 5.96 Å². The first-order valence-electron chi connectivity index (χ1n) is 6.18. The zero-order chi connectivity index (χ0) is 12.2. The third-order valence-electron chi connectivity index (χ3n) is 2.75. The van der Waals surface area contributed by atoms with Crippen LogP contribution in [0.25, 0.3) is 0 Å². The zero-order valence-corrected chi connectivity index (χ0v) is 10.7. The third kappa shape index (κ3) is 4.84. The summed E-state index contributed by atoms with van der Waals surface area (Å²) in [5, 5.41) is 13.0. The number of nitrogens with zero attached hydrogens (tertiary/aromatic N) is 1. The van der Waals surface area contributed by atoms with Crippen molar-refractivity contribution in [1.82, 2.24) is 5.32 Å². The topological polar surface area (TPSA) is 70.6 Å². The Labute approximate surface area is 98.3 Å². The second kappa shape index (κ2) is 5.53. The highest BCUT2D eigenvalue weighted by molar-refractivity contribution is 5.78. The average Bonchev–Trinajstić information content (AvgIpc) is 2.29. The second-order valence-corrected chi connectivity index (χ2v) is 5.66. The quantitative estimate of drug-likeness (QED) is 0.360. The molecule has 1 saturated carbocycles. The number of aliphatic hydroxyl groups is 1. The lowest BCUT2D eigenvalue weighted by Crippen LogP contribution is -2.46. The molecule has 0 aromatic carbocycles. The minimum Gasteiger partial charge on any atom is -0.391 e. The van der Waals surface area contributed by atoms with Crippen molar-refractivity contribution in [1.29, 1.82) is 0 Å². The first kappa shape index (κ1) is 13.3. The molecule has 1 fully saturated rings. The molecule has 0 radical (unpaired) electrons. The molecule has 16 heavy (non-hydrogen) atoms. The molecule has 2 unspecified atom stereocenters. The van der Waals surface area contributed by atoms with Gasteiger partial charge in [-0.2, -0.15) is 0 Å². The van der Waals surface area contributed by atoms with E-state index in [1.54, 1.807) is 0 Å². The summed E-state index contributed by atoms with van der Waals surface area (Å²) in [7, 11) is 0. The van der Waals surface area contributed by atoms with E-state index in [4.69, 9.17) is 5.73 Å². The Morgan fingerprint density at radius 3 is 2.50 bits per heavy atom. The Bertz CT molecular complexity index is 245. The van der Waals surface area contributed by atoms with E-state index >= 15 is 0 Å². The first-order valence-corrected chi connectivity index (χ1v) is 6.18. The van der Waals surface area contributed by atoms with Crippen LogP contribution in [0.5, 0.6) is 0 Å². The standard InChI is InChI=1S/C12H25N3O/c1-12(2,3)15-11(13)14-9-7-5-4-6-8-10(9)16/h9-10,16H,4-8H2,1-3H3,(H3,13,14,15). The highest BCUT2D eigenvalue weighted by Gasteiger charge is 2.21. The fourth-order valence-corrected chi connectivity index (χ4v) is 2.01. The molecule has 0 saturated heterocycles. The molecule has 4 heteroatoms. The summed E-state index contributed by atoms with van der Waals surface area (Å²) >= 11 is 0. The molecular weight excluding hydrogens is 202 g/mol. The molecule has 0 aromatic rings. The summed E-state index contributed by atoms with van der Waals surface area (Å²) in [6.07, 6.45) is 4.87. The minimum atomic E-state index is -0.331. The van der Waals surface area contributed by atoms with Crippen molar-refractivity contribution in [2.75, 3.05) is 0 Å². The number of nitrogens with one attached hydrogen (secondary N) is 1. The van der Waals surface area contributed by atoms with Crippen LogP contribution in [0.1, 0.15) is 52.9 Å². The predicted octanol–water partition coefficient (Wildman–Crippen LogP) is 1.38. The van der Waals surface area contributed by atoms with Crippen molar-refractivity contribution in [2.24, 2.45) is 10.7 Å². The number of aliphatic hydroxyl groups excluding tert-OH is 1. The van der Waals surface area contributed by atoms with Crippen LogP contribution < -0.4 is 11.1 Å². The fourth-order valence-electron chi connectivity index (χ4n) is 2.01. The van der Waals surface area contributed by atoms with Gasteiger partial charge in [-0.15, -0.1) is 0 Å². The molecule has 1 aliphatic carbocycles. The number of nitrogens with two attached hydrogens (primary N) is 1. The Hall–Kier alpha value is -0.770. The highest BCUT2D eigenvalue weighted by Crippen LogP contribution is 2.20. The van der Waals surface area contributed by atoms with Crippen molar-refractivity contribution in [3.63, 3.8) is 0 Å². The molecule has 0 heterocycles. The van der Waals surface area contributed by atoms with Gasteiger partial charge < -0.3 is 16.2 Å². The molecule has 0 spiro atoms. The van der Waals surface area contributed by atoms with Crippen LogP contribution in [0.3, 0.4) is 0 Å². The van der Waals surface area contributed by atoms with Crippen LogP contribution in [0.4, 0.5) is 0 Å². The average molecular weight is 227 g/mol. The molecule has 0 aliphatic heterocycles. The highest BCUT2D eigenvalue weighted by atomic mass is 16.3. The van der Waals surface area contributed by atoms with Crippen molar-refractivity contribution >= 4 is 5.96 Å². The van der Waals surface area contributed by atoms with Gasteiger partial charge in [0.05, 0.1) is 12.1 Å². The molecule has 0 aromatic heterocycles. The van der Waals surface area contributed by atoms with Gasteiger partial charge in [0.1, 0.15) is 0 Å². The molecule has 4 nitrogen and oxygen atoms in total. The number of guanidine groups is 1. The molecule has 4 N–H and O–H groups in total. The normalized spacial score (nSPS) is 28.6. The number of hydrogen-bond acceptors (Lipinski definition) is 2. The largest absolute Gasteiger partial charge is 0.391 e. The SMILES string of the molecule is CC(C)(C)NC(N)=NC1CCCCCC1O. The summed E-state index contributed by atoms with van der Waals surface area (Å²) in [5.41, 5.74) is 5.75. The molecule has 1 rings (SSSR count). The van der Waals surface area contributed by atoms with E-state index in [-0.39, 0.29) is 17.7 Å². The molecular formula is C12H25N3O. The van der Waals surface area contributed by atoms with E-state index < -0.39 is 0 Å². The molecule has 0 bridgehead atoms. The van der Waals surface area contributed by atoms with E-state index in [9.17, 15) is 5.11 Å². The maximum Gasteiger partial charge on any atom is 0.189 e. The Balaban J connectivity index is 2.58. The van der Waals surface area contributed by atoms with Crippen molar-refractivity contribution in [3.05, 3.63) is 0 Å². The number of hydrogen-bond donors (Lipinski definition) is 3. The van der Waals surface area contributed by atoms with Crippen LogP contribution in [-0.2, 0) is 0 Å². The smallest absolute Gasteiger partial charge is 0.189 e. The number of aliphatic imine (C=N–C) groups is 1. The Morgan fingerprint density at radius 1 is 1.25 bits per heavy atom. The first-order chi connectivity index (χ1) is 7.38. The van der Waals surface area contributed by atoms with Gasteiger partial charge >= 0.3 is 0 Å². The maximum atomic E-state index is 9.91. The molecule has 94 valence electrons. The maximum absolute atomic E-state index is 9.91. The van der Waals surface area contributed by atoms with Crippen LogP contribution in [-0.4, -0.2) is 28.8 Å². The van der Waals surface area contributed by atoms with Gasteiger partial charge in [0.15, 0.2) is 5.96 Å². The second-order valence-electron chi connectivity index (χ2n) is 5.66. The number of rotatable bonds is 1. The molecule has 1 aliphatic rings. The van der Waals surface area contributed by atoms with E-state index in [0.717, 1.165) is 25.7 Å². The van der Waals surface area contributed by atoms with Crippen LogP contribution >= 0.6 is 0 Å². The Morgan fingerprint density at radius 2 is 1.88 bits per heavy atom. The monoisotopic (exact) mass is 227 g/mol. The minimum absolute atomic E-state index is 0.0302. The van der Waals surface area contributed by atoms with Gasteiger partial charge in [-0.25, -0.2) is 4.99 Å². The fraction of sp³-hybridized carbons (Fsp3) is 0.917. The third-order valence-corrected chi connectivity index (χ3v) is 2.75. The van der Waals surface area contributed by atoms with Gasteiger partial charge in [-0.05, 0) is 33.6 Å². The van der Waals surface area contributed by atoms with Crippen molar-refractivity contribution in [2.45, 2.75) is 70.6 Å². The van der Waals surface area contributed by atoms with E-state index in [1.165, 1.54) is 6.42 Å². The summed E-state index contributed by atoms with van der Waals surface area (Å²) in [6, 6.07) is -0.0302. The molecule has 0 amide bonds.